The maximum absolute atomic E-state index is 12.0. The van der Waals surface area contributed by atoms with Gasteiger partial charge in [0.05, 0.1) is 23.7 Å². The Kier molecular flexibility index (Phi) is 7.19. The molecule has 7 heteroatoms. The standard InChI is InChI=1S/C13H24O6S/c1-6-18-11(14)10(12(15)19-7-2)8-9-20(16,17)13(3,4)5/h10H,6-9H2,1-5H3. The van der Waals surface area contributed by atoms with Crippen LogP contribution in [0.15, 0.2) is 0 Å². The number of hydrogen-bond donors (Lipinski definition) is 0. The third-order valence-corrected chi connectivity index (χ3v) is 5.39. The highest BCUT2D eigenvalue weighted by Crippen LogP contribution is 2.20. The first kappa shape index (κ1) is 18.9. The molecule has 0 unspecified atom stereocenters. The number of rotatable bonds is 7. The van der Waals surface area contributed by atoms with E-state index >= 15 is 0 Å². The van der Waals surface area contributed by atoms with Gasteiger partial charge in [-0.15, -0.1) is 0 Å². The third kappa shape index (κ3) is 5.48. The van der Waals surface area contributed by atoms with Crippen LogP contribution in [0.1, 0.15) is 41.0 Å². The van der Waals surface area contributed by atoms with E-state index in [2.05, 4.69) is 0 Å². The van der Waals surface area contributed by atoms with Gasteiger partial charge in [-0.25, -0.2) is 8.42 Å². The molecular weight excluding hydrogens is 284 g/mol. The zero-order chi connectivity index (χ0) is 16.0. The van der Waals surface area contributed by atoms with E-state index in [9.17, 15) is 18.0 Å². The summed E-state index contributed by atoms with van der Waals surface area (Å²) < 4.78 is 32.7. The van der Waals surface area contributed by atoms with Crippen molar-refractivity contribution in [2.24, 2.45) is 5.92 Å². The van der Waals surface area contributed by atoms with Crippen LogP contribution < -0.4 is 0 Å². The van der Waals surface area contributed by atoms with Gasteiger partial charge in [-0.1, -0.05) is 0 Å². The molecule has 0 aromatic carbocycles. The van der Waals surface area contributed by atoms with Gasteiger partial charge in [-0.2, -0.15) is 0 Å². The Bertz CT molecular complexity index is 414. The first-order valence-electron chi connectivity index (χ1n) is 6.62. The Hall–Kier alpha value is -1.11. The minimum absolute atomic E-state index is 0.126. The summed E-state index contributed by atoms with van der Waals surface area (Å²) in [6.45, 7) is 8.21. The maximum atomic E-state index is 12.0. The Balaban J connectivity index is 4.92. The minimum atomic E-state index is -3.41. The molecule has 0 aliphatic rings. The lowest BCUT2D eigenvalue weighted by Gasteiger charge is -2.20. The van der Waals surface area contributed by atoms with E-state index < -0.39 is 32.4 Å². The molecule has 0 heterocycles. The SMILES string of the molecule is CCOC(=O)C(CCS(=O)(=O)C(C)(C)C)C(=O)OCC. The fourth-order valence-electron chi connectivity index (χ4n) is 1.40. The van der Waals surface area contributed by atoms with Crippen molar-refractivity contribution in [1.82, 2.24) is 0 Å². The predicted octanol–water partition coefficient (Wildman–Crippen LogP) is 1.33. The Morgan fingerprint density at radius 3 is 1.70 bits per heavy atom. The summed E-state index contributed by atoms with van der Waals surface area (Å²) >= 11 is 0. The fraction of sp³-hybridized carbons (Fsp3) is 0.846. The summed E-state index contributed by atoms with van der Waals surface area (Å²) in [4.78, 5) is 23.4. The number of carbonyl (C=O) groups excluding carboxylic acids is 2. The third-order valence-electron chi connectivity index (χ3n) is 2.75. The molecule has 0 amide bonds. The van der Waals surface area contributed by atoms with Gasteiger partial charge in [0.15, 0.2) is 15.8 Å². The van der Waals surface area contributed by atoms with Gasteiger partial charge in [0.2, 0.25) is 0 Å². The molecule has 0 aromatic heterocycles. The average molecular weight is 308 g/mol. The molecule has 0 N–H and O–H groups in total. The van der Waals surface area contributed by atoms with Gasteiger partial charge < -0.3 is 9.47 Å². The Labute approximate surface area is 120 Å². The lowest BCUT2D eigenvalue weighted by molar-refractivity contribution is -0.161. The largest absolute Gasteiger partial charge is 0.465 e. The minimum Gasteiger partial charge on any atom is -0.465 e. The molecule has 0 spiro atoms. The predicted molar refractivity (Wildman–Crippen MR) is 74.9 cm³/mol. The average Bonchev–Trinajstić information content (AvgIpc) is 2.28. The number of esters is 2. The van der Waals surface area contributed by atoms with Crippen molar-refractivity contribution in [3.63, 3.8) is 0 Å². The second-order valence-corrected chi connectivity index (χ2v) is 8.14. The normalized spacial score (nSPS) is 12.3. The van der Waals surface area contributed by atoms with E-state index in [4.69, 9.17) is 9.47 Å². The number of carbonyl (C=O) groups is 2. The molecule has 0 rings (SSSR count). The molecule has 118 valence electrons. The van der Waals surface area contributed by atoms with E-state index in [1.165, 1.54) is 0 Å². The Morgan fingerprint density at radius 2 is 1.40 bits per heavy atom. The fourth-order valence-corrected chi connectivity index (χ4v) is 2.56. The van der Waals surface area contributed by atoms with Gasteiger partial charge >= 0.3 is 11.9 Å². The summed E-state index contributed by atoms with van der Waals surface area (Å²) in [6.07, 6.45) is -0.128. The molecule has 0 saturated carbocycles. The van der Waals surface area contributed by atoms with Crippen LogP contribution in [0.5, 0.6) is 0 Å². The summed E-state index contributed by atoms with van der Waals surface area (Å²) in [5, 5.41) is 0. The highest BCUT2D eigenvalue weighted by molar-refractivity contribution is 7.92. The van der Waals surface area contributed by atoms with Crippen molar-refractivity contribution >= 4 is 21.8 Å². The number of ether oxygens (including phenoxy) is 2. The highest BCUT2D eigenvalue weighted by atomic mass is 32.2. The lowest BCUT2D eigenvalue weighted by Crippen LogP contribution is -2.35. The first-order valence-corrected chi connectivity index (χ1v) is 8.27. The summed E-state index contributed by atoms with van der Waals surface area (Å²) in [5.41, 5.74) is 0. The zero-order valence-electron chi connectivity index (χ0n) is 12.8. The molecule has 0 bridgehead atoms. The van der Waals surface area contributed by atoms with Gasteiger partial charge in [0.25, 0.3) is 0 Å². The summed E-state index contributed by atoms with van der Waals surface area (Å²) in [6, 6.07) is 0. The monoisotopic (exact) mass is 308 g/mol. The number of hydrogen-bond acceptors (Lipinski definition) is 6. The zero-order valence-corrected chi connectivity index (χ0v) is 13.6. The molecule has 0 saturated heterocycles. The first-order chi connectivity index (χ1) is 9.06. The van der Waals surface area contributed by atoms with E-state index in [1.54, 1.807) is 34.6 Å². The smallest absolute Gasteiger partial charge is 0.320 e. The second-order valence-electron chi connectivity index (χ2n) is 5.28. The van der Waals surface area contributed by atoms with Crippen LogP contribution in [0.4, 0.5) is 0 Å². The van der Waals surface area contributed by atoms with Crippen molar-refractivity contribution in [3.8, 4) is 0 Å². The maximum Gasteiger partial charge on any atom is 0.320 e. The van der Waals surface area contributed by atoms with E-state index in [-0.39, 0.29) is 25.4 Å². The number of sulfone groups is 1. The van der Waals surface area contributed by atoms with Crippen LogP contribution in [0.3, 0.4) is 0 Å². The second kappa shape index (κ2) is 7.61. The van der Waals surface area contributed by atoms with Gasteiger partial charge in [-0.3, -0.25) is 9.59 Å². The van der Waals surface area contributed by atoms with Crippen molar-refractivity contribution in [3.05, 3.63) is 0 Å². The topological polar surface area (TPSA) is 86.7 Å². The van der Waals surface area contributed by atoms with Gasteiger partial charge in [0, 0.05) is 0 Å². The molecule has 0 aromatic rings. The molecule has 0 aliphatic heterocycles. The van der Waals surface area contributed by atoms with Crippen LogP contribution in [-0.4, -0.2) is 44.1 Å². The van der Waals surface area contributed by atoms with Crippen LogP contribution in [0, 0.1) is 5.92 Å². The van der Waals surface area contributed by atoms with Crippen LogP contribution in [0.2, 0.25) is 0 Å². The highest BCUT2D eigenvalue weighted by Gasteiger charge is 2.34. The molecular formula is C13H24O6S. The molecule has 0 aliphatic carbocycles. The molecule has 6 nitrogen and oxygen atoms in total. The summed E-state index contributed by atoms with van der Waals surface area (Å²) in [7, 11) is -3.41. The Morgan fingerprint density at radius 1 is 1.00 bits per heavy atom. The van der Waals surface area contributed by atoms with Crippen molar-refractivity contribution in [1.29, 1.82) is 0 Å². The molecule has 0 atom stereocenters. The van der Waals surface area contributed by atoms with Crippen molar-refractivity contribution in [2.45, 2.75) is 45.8 Å². The van der Waals surface area contributed by atoms with E-state index in [0.29, 0.717) is 0 Å². The quantitative estimate of drug-likeness (QED) is 0.521. The van der Waals surface area contributed by atoms with Crippen LogP contribution in [-0.2, 0) is 28.9 Å². The van der Waals surface area contributed by atoms with E-state index in [1.807, 2.05) is 0 Å². The van der Waals surface area contributed by atoms with Crippen LogP contribution >= 0.6 is 0 Å². The summed E-state index contributed by atoms with van der Waals surface area (Å²) in [5.74, 6) is -2.93. The molecule has 20 heavy (non-hydrogen) atoms. The van der Waals surface area contributed by atoms with Crippen LogP contribution in [0.25, 0.3) is 0 Å². The van der Waals surface area contributed by atoms with Crippen molar-refractivity contribution < 1.29 is 27.5 Å². The van der Waals surface area contributed by atoms with Gasteiger partial charge in [-0.05, 0) is 41.0 Å². The van der Waals surface area contributed by atoms with Gasteiger partial charge in [0.1, 0.15) is 0 Å². The lowest BCUT2D eigenvalue weighted by atomic mass is 10.1. The molecule has 0 fully saturated rings. The van der Waals surface area contributed by atoms with Crippen molar-refractivity contribution in [2.75, 3.05) is 19.0 Å². The molecule has 0 radical (unpaired) electrons. The van der Waals surface area contributed by atoms with E-state index in [0.717, 1.165) is 0 Å².